The molecule has 3 nitrogen and oxygen atoms in total. The standard InChI is InChI=1S/C15H19F3O3/c1-3-4-8-12(13(19)20)14(2,21)10-6-5-7-11(9-10)15(16,17)18/h5-7,9,12,21H,3-4,8H2,1-2H3,(H,19,20). The number of benzene rings is 1. The highest BCUT2D eigenvalue weighted by Crippen LogP contribution is 2.36. The molecule has 21 heavy (non-hydrogen) atoms. The lowest BCUT2D eigenvalue weighted by atomic mass is 9.79. The van der Waals surface area contributed by atoms with Crippen LogP contribution in [0.1, 0.15) is 44.2 Å². The summed E-state index contributed by atoms with van der Waals surface area (Å²) < 4.78 is 38.2. The molecule has 0 amide bonds. The van der Waals surface area contributed by atoms with Crippen molar-refractivity contribution in [3.8, 4) is 0 Å². The van der Waals surface area contributed by atoms with Crippen molar-refractivity contribution in [2.24, 2.45) is 5.92 Å². The van der Waals surface area contributed by atoms with Gasteiger partial charge in [-0.15, -0.1) is 0 Å². The van der Waals surface area contributed by atoms with E-state index >= 15 is 0 Å². The molecule has 2 unspecified atom stereocenters. The predicted molar refractivity (Wildman–Crippen MR) is 71.7 cm³/mol. The number of carboxylic acid groups (broad SMARTS) is 1. The van der Waals surface area contributed by atoms with Gasteiger partial charge in [-0.3, -0.25) is 4.79 Å². The monoisotopic (exact) mass is 304 g/mol. The molecule has 0 heterocycles. The third kappa shape index (κ3) is 4.20. The van der Waals surface area contributed by atoms with Gasteiger partial charge < -0.3 is 10.2 Å². The van der Waals surface area contributed by atoms with E-state index in [9.17, 15) is 28.2 Å². The topological polar surface area (TPSA) is 57.5 Å². The highest BCUT2D eigenvalue weighted by Gasteiger charge is 2.40. The Kier molecular flexibility index (Phi) is 5.39. The number of alkyl halides is 3. The predicted octanol–water partition coefficient (Wildman–Crippen LogP) is 3.80. The van der Waals surface area contributed by atoms with Crippen molar-refractivity contribution in [1.82, 2.24) is 0 Å². The average molecular weight is 304 g/mol. The first-order chi connectivity index (χ1) is 9.60. The van der Waals surface area contributed by atoms with E-state index in [0.29, 0.717) is 6.42 Å². The highest BCUT2D eigenvalue weighted by molar-refractivity contribution is 5.72. The van der Waals surface area contributed by atoms with Gasteiger partial charge in [-0.05, 0) is 31.0 Å². The lowest BCUT2D eigenvalue weighted by Crippen LogP contribution is -2.37. The van der Waals surface area contributed by atoms with Crippen LogP contribution in [0.2, 0.25) is 0 Å². The van der Waals surface area contributed by atoms with E-state index in [1.807, 2.05) is 6.92 Å². The smallest absolute Gasteiger partial charge is 0.416 e. The Bertz CT molecular complexity index is 495. The molecule has 0 aliphatic heterocycles. The number of aliphatic hydroxyl groups is 1. The van der Waals surface area contributed by atoms with Crippen molar-refractivity contribution in [3.63, 3.8) is 0 Å². The SMILES string of the molecule is CCCCC(C(=O)O)C(C)(O)c1cccc(C(F)(F)F)c1. The van der Waals surface area contributed by atoms with E-state index in [4.69, 9.17) is 0 Å². The van der Waals surface area contributed by atoms with Crippen molar-refractivity contribution in [2.45, 2.75) is 44.9 Å². The van der Waals surface area contributed by atoms with Crippen molar-refractivity contribution in [2.75, 3.05) is 0 Å². The summed E-state index contributed by atoms with van der Waals surface area (Å²) in [6.45, 7) is 3.12. The lowest BCUT2D eigenvalue weighted by Gasteiger charge is -2.31. The summed E-state index contributed by atoms with van der Waals surface area (Å²) in [7, 11) is 0. The zero-order valence-corrected chi connectivity index (χ0v) is 11.9. The van der Waals surface area contributed by atoms with Crippen LogP contribution in [-0.2, 0) is 16.6 Å². The maximum atomic E-state index is 12.7. The molecule has 0 bridgehead atoms. The quantitative estimate of drug-likeness (QED) is 0.840. The van der Waals surface area contributed by atoms with Crippen LogP contribution in [0, 0.1) is 5.92 Å². The minimum absolute atomic E-state index is 0.0409. The highest BCUT2D eigenvalue weighted by atomic mass is 19.4. The minimum atomic E-state index is -4.53. The fraction of sp³-hybridized carbons (Fsp3) is 0.533. The molecule has 0 fully saturated rings. The molecule has 0 aromatic heterocycles. The molecule has 1 rings (SSSR count). The van der Waals surface area contributed by atoms with Crippen LogP contribution in [0.3, 0.4) is 0 Å². The minimum Gasteiger partial charge on any atom is -0.481 e. The second-order valence-electron chi connectivity index (χ2n) is 5.26. The number of hydrogen-bond donors (Lipinski definition) is 2. The van der Waals surface area contributed by atoms with E-state index in [2.05, 4.69) is 0 Å². The summed E-state index contributed by atoms with van der Waals surface area (Å²) >= 11 is 0. The summed E-state index contributed by atoms with van der Waals surface area (Å²) in [6.07, 6.45) is -3.02. The first-order valence-electron chi connectivity index (χ1n) is 6.73. The van der Waals surface area contributed by atoms with E-state index in [0.717, 1.165) is 18.6 Å². The van der Waals surface area contributed by atoms with E-state index in [-0.39, 0.29) is 12.0 Å². The molecule has 2 atom stereocenters. The number of hydrogen-bond acceptors (Lipinski definition) is 2. The Morgan fingerprint density at radius 1 is 1.29 bits per heavy atom. The number of unbranched alkanes of at least 4 members (excludes halogenated alkanes) is 1. The van der Waals surface area contributed by atoms with Crippen LogP contribution in [0.25, 0.3) is 0 Å². The number of rotatable bonds is 6. The van der Waals surface area contributed by atoms with E-state index in [1.165, 1.54) is 19.1 Å². The molecule has 1 aromatic rings. The molecule has 0 aliphatic carbocycles. The van der Waals surface area contributed by atoms with Gasteiger partial charge in [0.15, 0.2) is 0 Å². The summed E-state index contributed by atoms with van der Waals surface area (Å²) in [5.41, 5.74) is -2.80. The maximum Gasteiger partial charge on any atom is 0.416 e. The van der Waals surface area contributed by atoms with Crippen LogP contribution in [0.15, 0.2) is 24.3 Å². The Morgan fingerprint density at radius 2 is 1.86 bits per heavy atom. The van der Waals surface area contributed by atoms with Crippen molar-refractivity contribution < 1.29 is 28.2 Å². The van der Waals surface area contributed by atoms with Crippen LogP contribution in [0.5, 0.6) is 0 Å². The van der Waals surface area contributed by atoms with Gasteiger partial charge in [0.2, 0.25) is 0 Å². The van der Waals surface area contributed by atoms with E-state index < -0.39 is 29.2 Å². The normalized spacial score (nSPS) is 16.3. The molecule has 6 heteroatoms. The van der Waals surface area contributed by atoms with Crippen LogP contribution in [0.4, 0.5) is 13.2 Å². The van der Waals surface area contributed by atoms with Gasteiger partial charge >= 0.3 is 12.1 Å². The number of halogens is 3. The van der Waals surface area contributed by atoms with Crippen molar-refractivity contribution >= 4 is 5.97 Å². The fourth-order valence-corrected chi connectivity index (χ4v) is 2.26. The lowest BCUT2D eigenvalue weighted by molar-refractivity contribution is -0.152. The molecule has 0 aliphatic rings. The summed E-state index contributed by atoms with van der Waals surface area (Å²) in [6, 6.07) is 4.19. The van der Waals surface area contributed by atoms with Crippen molar-refractivity contribution in [3.05, 3.63) is 35.4 Å². The third-order valence-corrected chi connectivity index (χ3v) is 3.60. The number of aliphatic carboxylic acids is 1. The second kappa shape index (κ2) is 6.47. The van der Waals surface area contributed by atoms with Gasteiger partial charge in [0.05, 0.1) is 11.5 Å². The Morgan fingerprint density at radius 3 is 2.33 bits per heavy atom. The summed E-state index contributed by atoms with van der Waals surface area (Å²) in [5, 5.41) is 19.7. The molecule has 0 spiro atoms. The Labute approximate surface area is 121 Å². The van der Waals surface area contributed by atoms with E-state index in [1.54, 1.807) is 0 Å². The van der Waals surface area contributed by atoms with Gasteiger partial charge in [0.1, 0.15) is 5.60 Å². The molecular weight excluding hydrogens is 285 g/mol. The van der Waals surface area contributed by atoms with Crippen LogP contribution in [-0.4, -0.2) is 16.2 Å². The van der Waals surface area contributed by atoms with Gasteiger partial charge in [-0.1, -0.05) is 31.9 Å². The van der Waals surface area contributed by atoms with Crippen LogP contribution >= 0.6 is 0 Å². The second-order valence-corrected chi connectivity index (χ2v) is 5.26. The average Bonchev–Trinajstić information content (AvgIpc) is 2.37. The number of carboxylic acids is 1. The number of carbonyl (C=O) groups is 1. The van der Waals surface area contributed by atoms with Crippen LogP contribution < -0.4 is 0 Å². The van der Waals surface area contributed by atoms with Gasteiger partial charge in [-0.25, -0.2) is 0 Å². The largest absolute Gasteiger partial charge is 0.481 e. The van der Waals surface area contributed by atoms with Gasteiger partial charge in [0.25, 0.3) is 0 Å². The van der Waals surface area contributed by atoms with Gasteiger partial charge in [0, 0.05) is 0 Å². The Hall–Kier alpha value is -1.56. The molecule has 1 aromatic carbocycles. The molecule has 0 saturated heterocycles. The molecule has 118 valence electrons. The molecule has 2 N–H and O–H groups in total. The Balaban J connectivity index is 3.18. The maximum absolute atomic E-state index is 12.7. The van der Waals surface area contributed by atoms with Crippen molar-refractivity contribution in [1.29, 1.82) is 0 Å². The first-order valence-corrected chi connectivity index (χ1v) is 6.73. The zero-order chi connectivity index (χ0) is 16.3. The third-order valence-electron chi connectivity index (χ3n) is 3.60. The fourth-order valence-electron chi connectivity index (χ4n) is 2.26. The van der Waals surface area contributed by atoms with Gasteiger partial charge in [-0.2, -0.15) is 13.2 Å². The molecule has 0 saturated carbocycles. The molecule has 0 radical (unpaired) electrons. The first kappa shape index (κ1) is 17.5. The molecular formula is C15H19F3O3. The summed E-state index contributed by atoms with van der Waals surface area (Å²) in [4.78, 5) is 11.3. The summed E-state index contributed by atoms with van der Waals surface area (Å²) in [5.74, 6) is -2.37. The zero-order valence-electron chi connectivity index (χ0n) is 11.9.